The van der Waals surface area contributed by atoms with E-state index in [1.807, 2.05) is 13.8 Å². The molecule has 1 atom stereocenters. The van der Waals surface area contributed by atoms with E-state index < -0.39 is 24.0 Å². The SMILES string of the molecule is C/C=C\C1=C(CC)C(=O)OC(C)(C)C1n1cncc1C(F)F. The first kappa shape index (κ1) is 16.4. The Morgan fingerprint density at radius 3 is 2.73 bits per heavy atom. The summed E-state index contributed by atoms with van der Waals surface area (Å²) in [5.41, 5.74) is 0.0746. The van der Waals surface area contributed by atoms with Crippen LogP contribution in [0.1, 0.15) is 52.3 Å². The van der Waals surface area contributed by atoms with Gasteiger partial charge in [0.25, 0.3) is 6.43 Å². The van der Waals surface area contributed by atoms with Gasteiger partial charge in [0.2, 0.25) is 0 Å². The Morgan fingerprint density at radius 2 is 2.18 bits per heavy atom. The number of carbonyl (C=O) groups excluding carboxylic acids is 1. The van der Waals surface area contributed by atoms with E-state index >= 15 is 0 Å². The zero-order chi connectivity index (χ0) is 16.5. The largest absolute Gasteiger partial charge is 0.454 e. The molecular formula is C16H20F2N2O2. The summed E-state index contributed by atoms with van der Waals surface area (Å²) in [4.78, 5) is 16.0. The Bertz CT molecular complexity index is 630. The number of nitrogens with zero attached hydrogens (tertiary/aromatic N) is 2. The predicted molar refractivity (Wildman–Crippen MR) is 78.5 cm³/mol. The number of hydrogen-bond acceptors (Lipinski definition) is 3. The zero-order valence-electron chi connectivity index (χ0n) is 13.1. The summed E-state index contributed by atoms with van der Waals surface area (Å²) in [6.45, 7) is 7.12. The molecule has 1 unspecified atom stereocenters. The number of ether oxygens (including phenoxy) is 1. The van der Waals surface area contributed by atoms with Gasteiger partial charge in [-0.25, -0.2) is 18.6 Å². The van der Waals surface area contributed by atoms with E-state index in [1.54, 1.807) is 26.0 Å². The van der Waals surface area contributed by atoms with Crippen LogP contribution in [0.2, 0.25) is 0 Å². The van der Waals surface area contributed by atoms with Crippen LogP contribution in [0.15, 0.2) is 35.8 Å². The second-order valence-electron chi connectivity index (χ2n) is 5.71. The Morgan fingerprint density at radius 1 is 1.50 bits per heavy atom. The standard InChI is InChI=1S/C16H20F2N2O2/c1-5-7-11-10(6-2)15(21)22-16(3,4)13(11)20-9-19-8-12(20)14(17)18/h5,7-9,13-14H,6H2,1-4H3/b7-5-. The van der Waals surface area contributed by atoms with E-state index in [0.29, 0.717) is 17.6 Å². The lowest BCUT2D eigenvalue weighted by atomic mass is 9.84. The van der Waals surface area contributed by atoms with Crippen LogP contribution in [0.4, 0.5) is 8.78 Å². The van der Waals surface area contributed by atoms with Gasteiger partial charge in [-0.1, -0.05) is 19.1 Å². The zero-order valence-corrected chi connectivity index (χ0v) is 13.1. The van der Waals surface area contributed by atoms with Crippen molar-refractivity contribution in [2.24, 2.45) is 0 Å². The van der Waals surface area contributed by atoms with Crippen LogP contribution in [-0.2, 0) is 9.53 Å². The van der Waals surface area contributed by atoms with Gasteiger partial charge < -0.3 is 9.30 Å². The van der Waals surface area contributed by atoms with Crippen molar-refractivity contribution in [2.75, 3.05) is 0 Å². The highest BCUT2D eigenvalue weighted by atomic mass is 19.3. The molecule has 22 heavy (non-hydrogen) atoms. The average molecular weight is 310 g/mol. The molecule has 1 aromatic heterocycles. The summed E-state index contributed by atoms with van der Waals surface area (Å²) in [7, 11) is 0. The highest BCUT2D eigenvalue weighted by molar-refractivity contribution is 5.91. The summed E-state index contributed by atoms with van der Waals surface area (Å²) >= 11 is 0. The van der Waals surface area contributed by atoms with Crippen molar-refractivity contribution in [3.05, 3.63) is 41.5 Å². The number of hydrogen-bond donors (Lipinski definition) is 0. The Labute approximate surface area is 128 Å². The summed E-state index contributed by atoms with van der Waals surface area (Å²) in [6, 6.07) is -0.539. The maximum atomic E-state index is 13.2. The van der Waals surface area contributed by atoms with Crippen molar-refractivity contribution in [1.82, 2.24) is 9.55 Å². The number of rotatable bonds is 4. The first-order valence-corrected chi connectivity index (χ1v) is 7.22. The number of allylic oxidation sites excluding steroid dienone is 2. The van der Waals surface area contributed by atoms with Gasteiger partial charge in [0.1, 0.15) is 11.3 Å². The van der Waals surface area contributed by atoms with E-state index in [2.05, 4.69) is 4.98 Å². The van der Waals surface area contributed by atoms with Crippen LogP contribution in [0.3, 0.4) is 0 Å². The third-order valence-electron chi connectivity index (χ3n) is 3.80. The van der Waals surface area contributed by atoms with Crippen molar-refractivity contribution in [1.29, 1.82) is 0 Å². The second-order valence-corrected chi connectivity index (χ2v) is 5.71. The molecule has 1 aromatic rings. The van der Waals surface area contributed by atoms with Gasteiger partial charge in [-0.2, -0.15) is 0 Å². The van der Waals surface area contributed by atoms with Crippen LogP contribution in [0, 0.1) is 0 Å². The lowest BCUT2D eigenvalue weighted by molar-refractivity contribution is -0.157. The molecule has 0 amide bonds. The van der Waals surface area contributed by atoms with Crippen LogP contribution in [0.25, 0.3) is 0 Å². The maximum Gasteiger partial charge on any atom is 0.334 e. The molecule has 1 aliphatic heterocycles. The van der Waals surface area contributed by atoms with Gasteiger partial charge in [0.05, 0.1) is 18.6 Å². The van der Waals surface area contributed by atoms with Gasteiger partial charge in [0, 0.05) is 5.57 Å². The minimum Gasteiger partial charge on any atom is -0.454 e. The minimum atomic E-state index is -2.65. The van der Waals surface area contributed by atoms with E-state index in [0.717, 1.165) is 6.20 Å². The third kappa shape index (κ3) is 2.69. The summed E-state index contributed by atoms with van der Waals surface area (Å²) in [6.07, 6.45) is 3.93. The molecule has 0 aliphatic carbocycles. The van der Waals surface area contributed by atoms with Crippen molar-refractivity contribution in [2.45, 2.75) is 52.2 Å². The first-order chi connectivity index (χ1) is 10.3. The molecule has 1 aliphatic rings. The predicted octanol–water partition coefficient (Wildman–Crippen LogP) is 3.98. The second kappa shape index (κ2) is 6.02. The number of cyclic esters (lactones) is 1. The Balaban J connectivity index is 2.69. The molecule has 6 heteroatoms. The van der Waals surface area contributed by atoms with Gasteiger partial charge >= 0.3 is 5.97 Å². The minimum absolute atomic E-state index is 0.187. The molecular weight excluding hydrogens is 290 g/mol. The van der Waals surface area contributed by atoms with Crippen LogP contribution in [-0.4, -0.2) is 21.1 Å². The third-order valence-corrected chi connectivity index (χ3v) is 3.80. The van der Waals surface area contributed by atoms with Crippen LogP contribution >= 0.6 is 0 Å². The lowest BCUT2D eigenvalue weighted by Gasteiger charge is -2.41. The van der Waals surface area contributed by atoms with E-state index in [-0.39, 0.29) is 5.69 Å². The molecule has 0 saturated heterocycles. The number of carbonyl (C=O) groups is 1. The molecule has 0 fully saturated rings. The molecule has 0 aromatic carbocycles. The summed E-state index contributed by atoms with van der Waals surface area (Å²) in [5, 5.41) is 0. The summed E-state index contributed by atoms with van der Waals surface area (Å²) < 4.78 is 33.4. The lowest BCUT2D eigenvalue weighted by Crippen LogP contribution is -2.44. The van der Waals surface area contributed by atoms with E-state index in [1.165, 1.54) is 10.9 Å². The normalized spacial score (nSPS) is 21.8. The van der Waals surface area contributed by atoms with Crippen molar-refractivity contribution in [3.63, 3.8) is 0 Å². The van der Waals surface area contributed by atoms with Gasteiger partial charge in [-0.3, -0.25) is 0 Å². The molecule has 0 spiro atoms. The number of aromatic nitrogens is 2. The van der Waals surface area contributed by atoms with Crippen molar-refractivity contribution < 1.29 is 18.3 Å². The Hall–Kier alpha value is -1.98. The van der Waals surface area contributed by atoms with E-state index in [4.69, 9.17) is 4.74 Å². The van der Waals surface area contributed by atoms with Gasteiger partial charge in [-0.15, -0.1) is 0 Å². The van der Waals surface area contributed by atoms with Crippen LogP contribution < -0.4 is 0 Å². The quantitative estimate of drug-likeness (QED) is 0.790. The smallest absolute Gasteiger partial charge is 0.334 e. The monoisotopic (exact) mass is 310 g/mol. The van der Waals surface area contributed by atoms with Gasteiger partial charge in [0.15, 0.2) is 0 Å². The van der Waals surface area contributed by atoms with Gasteiger partial charge in [-0.05, 0) is 32.8 Å². The Kier molecular flexibility index (Phi) is 4.49. The molecule has 2 heterocycles. The van der Waals surface area contributed by atoms with Crippen LogP contribution in [0.5, 0.6) is 0 Å². The molecule has 0 N–H and O–H groups in total. The maximum absolute atomic E-state index is 13.2. The number of alkyl halides is 2. The number of esters is 1. The number of imidazole rings is 1. The molecule has 4 nitrogen and oxygen atoms in total. The molecule has 0 radical (unpaired) electrons. The average Bonchev–Trinajstić information content (AvgIpc) is 2.87. The van der Waals surface area contributed by atoms with Crippen molar-refractivity contribution >= 4 is 5.97 Å². The molecule has 120 valence electrons. The van der Waals surface area contributed by atoms with Crippen molar-refractivity contribution in [3.8, 4) is 0 Å². The fraction of sp³-hybridized carbons (Fsp3) is 0.500. The fourth-order valence-corrected chi connectivity index (χ4v) is 2.92. The first-order valence-electron chi connectivity index (χ1n) is 7.22. The molecule has 0 bridgehead atoms. The topological polar surface area (TPSA) is 44.1 Å². The summed E-state index contributed by atoms with van der Waals surface area (Å²) in [5.74, 6) is -0.393. The molecule has 2 rings (SSSR count). The van der Waals surface area contributed by atoms with E-state index in [9.17, 15) is 13.6 Å². The fourth-order valence-electron chi connectivity index (χ4n) is 2.92. The highest BCUT2D eigenvalue weighted by Crippen LogP contribution is 2.42. The number of halogens is 2. The highest BCUT2D eigenvalue weighted by Gasteiger charge is 2.44. The molecule has 0 saturated carbocycles.